The summed E-state index contributed by atoms with van der Waals surface area (Å²) in [6.45, 7) is 0. The Morgan fingerprint density at radius 2 is 1.88 bits per heavy atom. The van der Waals surface area contributed by atoms with E-state index in [9.17, 15) is 13.2 Å². The Bertz CT molecular complexity index is 883. The van der Waals surface area contributed by atoms with E-state index in [0.717, 1.165) is 11.8 Å². The SMILES string of the molecule is COc1ccc(NC(=O)CSc2nc(N)cc(N)n2)cc1S(N)(=O)=O. The zero-order valence-electron chi connectivity index (χ0n) is 13.1. The van der Waals surface area contributed by atoms with E-state index >= 15 is 0 Å². The molecule has 25 heavy (non-hydrogen) atoms. The van der Waals surface area contributed by atoms with Gasteiger partial charge in [0.15, 0.2) is 5.16 Å². The molecular weight excluding hydrogens is 368 g/mol. The van der Waals surface area contributed by atoms with Crippen molar-refractivity contribution in [2.24, 2.45) is 5.14 Å². The number of hydrogen-bond acceptors (Lipinski definition) is 9. The molecular formula is C13H16N6O4S2. The first-order chi connectivity index (χ1) is 11.7. The van der Waals surface area contributed by atoms with Crippen molar-refractivity contribution >= 4 is 45.0 Å². The van der Waals surface area contributed by atoms with Crippen molar-refractivity contribution in [3.63, 3.8) is 0 Å². The van der Waals surface area contributed by atoms with Crippen LogP contribution in [0.15, 0.2) is 34.3 Å². The fraction of sp³-hybridized carbons (Fsp3) is 0.154. The molecule has 1 aromatic carbocycles. The van der Waals surface area contributed by atoms with E-state index in [1.54, 1.807) is 0 Å². The topological polar surface area (TPSA) is 176 Å². The van der Waals surface area contributed by atoms with Crippen molar-refractivity contribution in [1.82, 2.24) is 9.97 Å². The number of aromatic nitrogens is 2. The lowest BCUT2D eigenvalue weighted by Crippen LogP contribution is -2.17. The van der Waals surface area contributed by atoms with Crippen LogP contribution in [0.4, 0.5) is 17.3 Å². The first kappa shape index (κ1) is 18.8. The summed E-state index contributed by atoms with van der Waals surface area (Å²) in [6, 6.07) is 5.50. The van der Waals surface area contributed by atoms with Gasteiger partial charge in [0.2, 0.25) is 15.9 Å². The Labute approximate surface area is 148 Å². The quantitative estimate of drug-likeness (QED) is 0.395. The van der Waals surface area contributed by atoms with Gasteiger partial charge in [0.1, 0.15) is 22.3 Å². The van der Waals surface area contributed by atoms with Crippen molar-refractivity contribution < 1.29 is 17.9 Å². The first-order valence-corrected chi connectivity index (χ1v) is 9.26. The number of primary sulfonamides is 1. The van der Waals surface area contributed by atoms with Crippen LogP contribution in [0, 0.1) is 0 Å². The van der Waals surface area contributed by atoms with Gasteiger partial charge in [-0.1, -0.05) is 11.8 Å². The molecule has 0 aliphatic heterocycles. The monoisotopic (exact) mass is 384 g/mol. The molecule has 0 saturated heterocycles. The number of sulfonamides is 1. The van der Waals surface area contributed by atoms with Crippen molar-refractivity contribution in [3.8, 4) is 5.75 Å². The highest BCUT2D eigenvalue weighted by atomic mass is 32.2. The average molecular weight is 384 g/mol. The molecule has 0 atom stereocenters. The van der Waals surface area contributed by atoms with E-state index in [2.05, 4.69) is 15.3 Å². The molecule has 7 N–H and O–H groups in total. The molecule has 0 aliphatic rings. The Morgan fingerprint density at radius 3 is 2.44 bits per heavy atom. The Balaban J connectivity index is 2.08. The minimum Gasteiger partial charge on any atom is -0.495 e. The van der Waals surface area contributed by atoms with Gasteiger partial charge in [-0.15, -0.1) is 0 Å². The number of nitrogens with one attached hydrogen (secondary N) is 1. The number of hydrogen-bond donors (Lipinski definition) is 4. The van der Waals surface area contributed by atoms with Crippen LogP contribution in [-0.2, 0) is 14.8 Å². The highest BCUT2D eigenvalue weighted by molar-refractivity contribution is 7.99. The average Bonchev–Trinajstić information content (AvgIpc) is 2.51. The van der Waals surface area contributed by atoms with E-state index in [1.165, 1.54) is 31.4 Å². The van der Waals surface area contributed by atoms with E-state index in [4.69, 9.17) is 21.3 Å². The third kappa shape index (κ3) is 5.20. The molecule has 2 aromatic rings. The second kappa shape index (κ2) is 7.55. The number of carbonyl (C=O) groups excluding carboxylic acids is 1. The maximum Gasteiger partial charge on any atom is 0.241 e. The van der Waals surface area contributed by atoms with E-state index in [-0.39, 0.29) is 38.9 Å². The van der Waals surface area contributed by atoms with E-state index in [1.807, 2.05) is 0 Å². The Kier molecular flexibility index (Phi) is 5.66. The molecule has 1 heterocycles. The maximum absolute atomic E-state index is 12.0. The van der Waals surface area contributed by atoms with Crippen LogP contribution in [0.3, 0.4) is 0 Å². The largest absolute Gasteiger partial charge is 0.495 e. The number of nitrogen functional groups attached to an aromatic ring is 2. The summed E-state index contributed by atoms with van der Waals surface area (Å²) < 4.78 is 28.1. The molecule has 1 amide bonds. The zero-order valence-corrected chi connectivity index (χ0v) is 14.7. The molecule has 12 heteroatoms. The van der Waals surface area contributed by atoms with Crippen LogP contribution < -0.4 is 26.7 Å². The van der Waals surface area contributed by atoms with Gasteiger partial charge in [-0.25, -0.2) is 23.5 Å². The number of benzene rings is 1. The summed E-state index contributed by atoms with van der Waals surface area (Å²) in [5.41, 5.74) is 11.4. The molecule has 0 fully saturated rings. The van der Waals surface area contributed by atoms with Gasteiger partial charge in [-0.3, -0.25) is 4.79 Å². The van der Waals surface area contributed by atoms with Crippen LogP contribution in [0.5, 0.6) is 5.75 Å². The van der Waals surface area contributed by atoms with Crippen LogP contribution in [0.25, 0.3) is 0 Å². The fourth-order valence-electron chi connectivity index (χ4n) is 1.83. The lowest BCUT2D eigenvalue weighted by molar-refractivity contribution is -0.113. The molecule has 0 bridgehead atoms. The van der Waals surface area contributed by atoms with Gasteiger partial charge in [-0.2, -0.15) is 0 Å². The third-order valence-electron chi connectivity index (χ3n) is 2.83. The second-order valence-electron chi connectivity index (χ2n) is 4.75. The van der Waals surface area contributed by atoms with E-state index in [0.29, 0.717) is 0 Å². The minimum atomic E-state index is -4.00. The summed E-state index contributed by atoms with van der Waals surface area (Å²) in [7, 11) is -2.68. The Hall–Kier alpha value is -2.57. The predicted molar refractivity (Wildman–Crippen MR) is 94.6 cm³/mol. The number of anilines is 3. The van der Waals surface area contributed by atoms with Gasteiger partial charge in [0.05, 0.1) is 12.9 Å². The number of thioether (sulfide) groups is 1. The number of carbonyl (C=O) groups is 1. The number of amides is 1. The number of ether oxygens (including phenoxy) is 1. The molecule has 1 aromatic heterocycles. The maximum atomic E-state index is 12.0. The van der Waals surface area contributed by atoms with Gasteiger partial charge in [0, 0.05) is 11.8 Å². The fourth-order valence-corrected chi connectivity index (χ4v) is 3.23. The number of rotatable bonds is 6. The van der Waals surface area contributed by atoms with Crippen LogP contribution in [0.2, 0.25) is 0 Å². The predicted octanol–water partition coefficient (Wildman–Crippen LogP) is 0.0278. The lowest BCUT2D eigenvalue weighted by atomic mass is 10.3. The summed E-state index contributed by atoms with van der Waals surface area (Å²) in [5.74, 6) is 0.0463. The molecule has 2 rings (SSSR count). The zero-order chi connectivity index (χ0) is 18.6. The summed E-state index contributed by atoms with van der Waals surface area (Å²) in [4.78, 5) is 19.7. The standard InChI is InChI=1S/C13H16N6O4S2/c1-23-8-3-2-7(4-9(8)25(16,21)22)17-12(20)6-24-13-18-10(14)5-11(15)19-13/h2-5H,6H2,1H3,(H,17,20)(H2,16,21,22)(H4,14,15,18,19). The van der Waals surface area contributed by atoms with Crippen LogP contribution in [-0.4, -0.2) is 37.2 Å². The van der Waals surface area contributed by atoms with Crippen molar-refractivity contribution in [2.45, 2.75) is 10.1 Å². The third-order valence-corrected chi connectivity index (χ3v) is 4.61. The lowest BCUT2D eigenvalue weighted by Gasteiger charge is -2.10. The van der Waals surface area contributed by atoms with Gasteiger partial charge < -0.3 is 21.5 Å². The number of methoxy groups -OCH3 is 1. The van der Waals surface area contributed by atoms with Crippen molar-refractivity contribution in [2.75, 3.05) is 29.6 Å². The smallest absolute Gasteiger partial charge is 0.241 e. The summed E-state index contributed by atoms with van der Waals surface area (Å²) in [5, 5.41) is 7.94. The molecule has 0 radical (unpaired) electrons. The van der Waals surface area contributed by atoms with Gasteiger partial charge >= 0.3 is 0 Å². The van der Waals surface area contributed by atoms with Gasteiger partial charge in [-0.05, 0) is 18.2 Å². The van der Waals surface area contributed by atoms with Crippen molar-refractivity contribution in [1.29, 1.82) is 0 Å². The Morgan fingerprint density at radius 1 is 1.24 bits per heavy atom. The van der Waals surface area contributed by atoms with Crippen molar-refractivity contribution in [3.05, 3.63) is 24.3 Å². The highest BCUT2D eigenvalue weighted by Crippen LogP contribution is 2.26. The summed E-state index contributed by atoms with van der Waals surface area (Å²) in [6.07, 6.45) is 0. The molecule has 0 aliphatic carbocycles. The van der Waals surface area contributed by atoms with E-state index < -0.39 is 15.9 Å². The minimum absolute atomic E-state index is 0.0281. The number of nitrogens with two attached hydrogens (primary N) is 3. The van der Waals surface area contributed by atoms with Crippen LogP contribution in [0.1, 0.15) is 0 Å². The first-order valence-electron chi connectivity index (χ1n) is 6.72. The second-order valence-corrected chi connectivity index (χ2v) is 7.22. The molecule has 134 valence electrons. The normalized spacial score (nSPS) is 11.1. The molecule has 0 unspecified atom stereocenters. The summed E-state index contributed by atoms with van der Waals surface area (Å²) >= 11 is 1.03. The molecule has 0 saturated carbocycles. The number of nitrogens with zero attached hydrogens (tertiary/aromatic N) is 2. The highest BCUT2D eigenvalue weighted by Gasteiger charge is 2.16. The molecule has 0 spiro atoms. The van der Waals surface area contributed by atoms with Crippen LogP contribution >= 0.6 is 11.8 Å². The van der Waals surface area contributed by atoms with Gasteiger partial charge in [0.25, 0.3) is 0 Å². The molecule has 10 nitrogen and oxygen atoms in total.